The van der Waals surface area contributed by atoms with Crippen molar-refractivity contribution in [2.24, 2.45) is 5.10 Å². The van der Waals surface area contributed by atoms with E-state index in [0.29, 0.717) is 5.11 Å². The Morgan fingerprint density at radius 3 is 2.38 bits per heavy atom. The minimum Gasteiger partial charge on any atom is -0.497 e. The fourth-order valence-corrected chi connectivity index (χ4v) is 3.85. The zero-order valence-electron chi connectivity index (χ0n) is 15.9. The third-order valence-corrected chi connectivity index (χ3v) is 5.64. The van der Waals surface area contributed by atoms with Crippen molar-refractivity contribution in [2.45, 2.75) is 12.5 Å². The van der Waals surface area contributed by atoms with Crippen molar-refractivity contribution in [3.63, 3.8) is 0 Å². The number of nitrogens with one attached hydrogen (secondary N) is 1. The van der Waals surface area contributed by atoms with Gasteiger partial charge in [0.1, 0.15) is 5.75 Å². The summed E-state index contributed by atoms with van der Waals surface area (Å²) in [4.78, 5) is 0. The number of hydrogen-bond donors (Lipinski definition) is 1. The molecule has 1 aliphatic rings. The van der Waals surface area contributed by atoms with Crippen molar-refractivity contribution >= 4 is 44.7 Å². The summed E-state index contributed by atoms with van der Waals surface area (Å²) in [6.45, 7) is 0. The molecular weight excluding hydrogens is 446 g/mol. The van der Waals surface area contributed by atoms with E-state index in [2.05, 4.69) is 45.5 Å². The number of thiocarbonyl (C=S) groups is 1. The van der Waals surface area contributed by atoms with Crippen LogP contribution < -0.4 is 10.1 Å². The zero-order valence-corrected chi connectivity index (χ0v) is 18.3. The van der Waals surface area contributed by atoms with Gasteiger partial charge in [0.15, 0.2) is 5.11 Å². The van der Waals surface area contributed by atoms with Crippen LogP contribution in [0.15, 0.2) is 88.4 Å². The number of benzene rings is 3. The fraction of sp³-hybridized carbons (Fsp3) is 0.130. The molecule has 0 amide bonds. The molecule has 3 aromatic carbocycles. The van der Waals surface area contributed by atoms with Gasteiger partial charge in [-0.3, -0.25) is 0 Å². The SMILES string of the molecule is COc1ccc([C@@H]2CC(c3ccc(Br)cc3)=NN2C(=S)Nc2ccccc2)cc1. The van der Waals surface area contributed by atoms with Crippen LogP contribution in [-0.4, -0.2) is 22.9 Å². The van der Waals surface area contributed by atoms with E-state index in [1.165, 1.54) is 0 Å². The first kappa shape index (κ1) is 19.6. The van der Waals surface area contributed by atoms with Crippen LogP contribution >= 0.6 is 28.1 Å². The van der Waals surface area contributed by atoms with E-state index in [-0.39, 0.29) is 6.04 Å². The third-order valence-electron chi connectivity index (χ3n) is 4.82. The summed E-state index contributed by atoms with van der Waals surface area (Å²) in [7, 11) is 1.67. The van der Waals surface area contributed by atoms with Crippen molar-refractivity contribution in [1.29, 1.82) is 0 Å². The fourth-order valence-electron chi connectivity index (χ4n) is 3.30. The van der Waals surface area contributed by atoms with E-state index >= 15 is 0 Å². The molecular formula is C23H20BrN3OS. The van der Waals surface area contributed by atoms with E-state index < -0.39 is 0 Å². The van der Waals surface area contributed by atoms with Gasteiger partial charge in [0.05, 0.1) is 18.9 Å². The van der Waals surface area contributed by atoms with Crippen molar-refractivity contribution in [3.05, 3.63) is 94.5 Å². The molecule has 0 aromatic heterocycles. The molecule has 0 unspecified atom stereocenters. The molecule has 1 heterocycles. The maximum absolute atomic E-state index is 5.72. The lowest BCUT2D eigenvalue weighted by Crippen LogP contribution is -2.31. The van der Waals surface area contributed by atoms with Crippen LogP contribution in [0.1, 0.15) is 23.6 Å². The molecule has 4 rings (SSSR count). The minimum atomic E-state index is 0.0169. The zero-order chi connectivity index (χ0) is 20.2. The molecule has 146 valence electrons. The number of hydrogen-bond acceptors (Lipinski definition) is 3. The molecule has 0 fully saturated rings. The monoisotopic (exact) mass is 465 g/mol. The Hall–Kier alpha value is -2.70. The molecule has 1 aliphatic heterocycles. The minimum absolute atomic E-state index is 0.0169. The third kappa shape index (κ3) is 4.49. The number of ether oxygens (including phenoxy) is 1. The van der Waals surface area contributed by atoms with Gasteiger partial charge in [-0.1, -0.05) is 58.4 Å². The van der Waals surface area contributed by atoms with Crippen LogP contribution in [0.25, 0.3) is 0 Å². The lowest BCUT2D eigenvalue weighted by Gasteiger charge is -2.25. The molecule has 6 heteroatoms. The Bertz CT molecular complexity index is 1020. The molecule has 0 saturated heterocycles. The molecule has 0 aliphatic carbocycles. The van der Waals surface area contributed by atoms with E-state index in [1.807, 2.05) is 59.6 Å². The first-order valence-corrected chi connectivity index (χ1v) is 10.5. The van der Waals surface area contributed by atoms with Crippen LogP contribution in [-0.2, 0) is 0 Å². The predicted molar refractivity (Wildman–Crippen MR) is 126 cm³/mol. The van der Waals surface area contributed by atoms with Gasteiger partial charge in [0, 0.05) is 16.6 Å². The second-order valence-electron chi connectivity index (χ2n) is 6.69. The second-order valence-corrected chi connectivity index (χ2v) is 7.99. The predicted octanol–water partition coefficient (Wildman–Crippen LogP) is 6.01. The quantitative estimate of drug-likeness (QED) is 0.478. The van der Waals surface area contributed by atoms with Crippen molar-refractivity contribution in [2.75, 3.05) is 12.4 Å². The standard InChI is InChI=1S/C23H20BrN3OS/c1-28-20-13-9-17(10-14-20)22-15-21(16-7-11-18(24)12-8-16)26-27(22)23(29)25-19-5-3-2-4-6-19/h2-14,22H,15H2,1H3,(H,25,29)/t22-/m0/s1. The van der Waals surface area contributed by atoms with Crippen molar-refractivity contribution in [3.8, 4) is 5.75 Å². The largest absolute Gasteiger partial charge is 0.497 e. The average molecular weight is 466 g/mol. The number of hydrazone groups is 1. The first-order valence-electron chi connectivity index (χ1n) is 9.26. The lowest BCUT2D eigenvalue weighted by molar-refractivity contribution is 0.374. The molecule has 3 aromatic rings. The van der Waals surface area contributed by atoms with E-state index in [4.69, 9.17) is 22.1 Å². The van der Waals surface area contributed by atoms with Crippen LogP contribution in [0.4, 0.5) is 5.69 Å². The Labute approximate surface area is 184 Å². The van der Waals surface area contributed by atoms with E-state index in [1.54, 1.807) is 7.11 Å². The van der Waals surface area contributed by atoms with Gasteiger partial charge >= 0.3 is 0 Å². The lowest BCUT2D eigenvalue weighted by atomic mass is 9.98. The van der Waals surface area contributed by atoms with Crippen LogP contribution in [0.5, 0.6) is 5.75 Å². The molecule has 0 spiro atoms. The number of anilines is 1. The van der Waals surface area contributed by atoms with E-state index in [9.17, 15) is 0 Å². The molecule has 0 saturated carbocycles. The van der Waals surface area contributed by atoms with Gasteiger partial charge in [-0.15, -0.1) is 0 Å². The Morgan fingerprint density at radius 2 is 1.72 bits per heavy atom. The normalized spacial score (nSPS) is 15.7. The van der Waals surface area contributed by atoms with Gasteiger partial charge in [-0.25, -0.2) is 5.01 Å². The van der Waals surface area contributed by atoms with Crippen LogP contribution in [0.2, 0.25) is 0 Å². The highest BCUT2D eigenvalue weighted by molar-refractivity contribution is 9.10. The summed E-state index contributed by atoms with van der Waals surface area (Å²) in [5.41, 5.74) is 4.18. The van der Waals surface area contributed by atoms with Gasteiger partial charge in [0.2, 0.25) is 0 Å². The first-order chi connectivity index (χ1) is 14.1. The summed E-state index contributed by atoms with van der Waals surface area (Å²) >= 11 is 9.22. The van der Waals surface area contributed by atoms with Gasteiger partial charge < -0.3 is 10.1 Å². The second kappa shape index (κ2) is 8.76. The molecule has 0 radical (unpaired) electrons. The summed E-state index contributed by atoms with van der Waals surface area (Å²) in [5, 5.41) is 10.7. The highest BCUT2D eigenvalue weighted by Gasteiger charge is 2.31. The maximum atomic E-state index is 5.72. The highest BCUT2D eigenvalue weighted by Crippen LogP contribution is 2.34. The summed E-state index contributed by atoms with van der Waals surface area (Å²) in [6.07, 6.45) is 0.768. The van der Waals surface area contributed by atoms with Gasteiger partial charge in [-0.05, 0) is 59.7 Å². The molecule has 1 atom stereocenters. The average Bonchev–Trinajstić information content (AvgIpc) is 3.21. The maximum Gasteiger partial charge on any atom is 0.194 e. The topological polar surface area (TPSA) is 36.9 Å². The number of para-hydroxylation sites is 1. The van der Waals surface area contributed by atoms with Gasteiger partial charge in [-0.2, -0.15) is 5.10 Å². The van der Waals surface area contributed by atoms with Crippen LogP contribution in [0, 0.1) is 0 Å². The van der Waals surface area contributed by atoms with E-state index in [0.717, 1.165) is 39.2 Å². The van der Waals surface area contributed by atoms with Gasteiger partial charge in [0.25, 0.3) is 0 Å². The van der Waals surface area contributed by atoms with Crippen LogP contribution in [0.3, 0.4) is 0 Å². The molecule has 0 bridgehead atoms. The van der Waals surface area contributed by atoms with Crippen molar-refractivity contribution < 1.29 is 4.74 Å². The number of methoxy groups -OCH3 is 1. The molecule has 4 nitrogen and oxygen atoms in total. The highest BCUT2D eigenvalue weighted by atomic mass is 79.9. The number of rotatable bonds is 4. The Kier molecular flexibility index (Phi) is 5.92. The Morgan fingerprint density at radius 1 is 1.03 bits per heavy atom. The summed E-state index contributed by atoms with van der Waals surface area (Å²) < 4.78 is 6.35. The smallest absolute Gasteiger partial charge is 0.194 e. The number of halogens is 1. The van der Waals surface area contributed by atoms with Crippen molar-refractivity contribution in [1.82, 2.24) is 5.01 Å². The molecule has 29 heavy (non-hydrogen) atoms. The number of nitrogens with zero attached hydrogens (tertiary/aromatic N) is 2. The molecule has 1 N–H and O–H groups in total. The summed E-state index contributed by atoms with van der Waals surface area (Å²) in [6, 6.07) is 26.2. The Balaban J connectivity index is 1.64. The summed E-state index contributed by atoms with van der Waals surface area (Å²) in [5.74, 6) is 0.831.